The third-order valence-corrected chi connectivity index (χ3v) is 5.56. The van der Waals surface area contributed by atoms with Crippen molar-refractivity contribution in [2.45, 2.75) is 19.9 Å². The number of aromatic nitrogens is 1. The number of benzene rings is 2. The van der Waals surface area contributed by atoms with Crippen molar-refractivity contribution < 1.29 is 23.8 Å². The smallest absolute Gasteiger partial charge is 0.325 e. The lowest BCUT2D eigenvalue weighted by Gasteiger charge is -2.18. The molecule has 8 heteroatoms. The number of carbonyl (C=O) groups excluding carboxylic acids is 2. The first-order valence-corrected chi connectivity index (χ1v) is 9.98. The van der Waals surface area contributed by atoms with Gasteiger partial charge in [-0.1, -0.05) is 41.2 Å². The average molecular weight is 412 g/mol. The van der Waals surface area contributed by atoms with Gasteiger partial charge in [-0.15, -0.1) is 0 Å². The van der Waals surface area contributed by atoms with E-state index in [1.807, 2.05) is 43.3 Å². The number of rotatable bonds is 4. The molecule has 0 saturated carbocycles. The molecule has 0 spiro atoms. The largest absolute Gasteiger partial charge is 0.486 e. The maximum absolute atomic E-state index is 12.6. The number of amides is 1. The van der Waals surface area contributed by atoms with Crippen LogP contribution < -0.4 is 14.3 Å². The molecule has 2 aromatic carbocycles. The molecule has 150 valence electrons. The van der Waals surface area contributed by atoms with Crippen LogP contribution >= 0.6 is 11.3 Å². The predicted molar refractivity (Wildman–Crippen MR) is 108 cm³/mol. The second kappa shape index (κ2) is 8.08. The highest BCUT2D eigenvalue weighted by molar-refractivity contribution is 7.16. The molecule has 1 aliphatic rings. The SMILES string of the molecule is COC(=O)Cn1c(=NC(=O)Cc2cccc(C)c2)sc2cc3c(cc21)OCCO3. The summed E-state index contributed by atoms with van der Waals surface area (Å²) >= 11 is 1.32. The Bertz CT molecular complexity index is 1160. The summed E-state index contributed by atoms with van der Waals surface area (Å²) < 4.78 is 18.6. The van der Waals surface area contributed by atoms with E-state index in [1.54, 1.807) is 4.57 Å². The maximum atomic E-state index is 12.6. The normalized spacial score (nSPS) is 13.5. The number of hydrogen-bond donors (Lipinski definition) is 0. The molecule has 0 unspecified atom stereocenters. The summed E-state index contributed by atoms with van der Waals surface area (Å²) in [6.45, 7) is 2.88. The van der Waals surface area contributed by atoms with Gasteiger partial charge in [-0.3, -0.25) is 9.59 Å². The molecule has 1 aromatic heterocycles. The van der Waals surface area contributed by atoms with E-state index in [0.29, 0.717) is 29.5 Å². The molecule has 0 N–H and O–H groups in total. The van der Waals surface area contributed by atoms with E-state index in [1.165, 1.54) is 18.4 Å². The summed E-state index contributed by atoms with van der Waals surface area (Å²) in [7, 11) is 1.33. The monoisotopic (exact) mass is 412 g/mol. The fraction of sp³-hybridized carbons (Fsp3) is 0.286. The second-order valence-electron chi connectivity index (χ2n) is 6.68. The molecule has 1 amide bonds. The average Bonchev–Trinajstić information content (AvgIpc) is 3.01. The minimum Gasteiger partial charge on any atom is -0.486 e. The van der Waals surface area contributed by atoms with Gasteiger partial charge >= 0.3 is 5.97 Å². The third kappa shape index (κ3) is 4.17. The first kappa shape index (κ1) is 19.2. The zero-order valence-electron chi connectivity index (χ0n) is 16.1. The number of thiazole rings is 1. The summed E-state index contributed by atoms with van der Waals surface area (Å²) in [6.07, 6.45) is 0.191. The van der Waals surface area contributed by atoms with Crippen LogP contribution in [-0.2, 0) is 27.3 Å². The molecule has 0 saturated heterocycles. The van der Waals surface area contributed by atoms with Gasteiger partial charge in [-0.05, 0) is 12.5 Å². The van der Waals surface area contributed by atoms with E-state index in [-0.39, 0.29) is 18.9 Å². The quantitative estimate of drug-likeness (QED) is 0.616. The third-order valence-electron chi connectivity index (χ3n) is 4.52. The molecule has 7 nitrogen and oxygen atoms in total. The molecular formula is C21H20N2O5S. The summed E-state index contributed by atoms with van der Waals surface area (Å²) in [5.41, 5.74) is 2.73. The van der Waals surface area contributed by atoms with E-state index in [0.717, 1.165) is 21.3 Å². The van der Waals surface area contributed by atoms with Gasteiger partial charge in [-0.25, -0.2) is 0 Å². The van der Waals surface area contributed by atoms with Crippen molar-refractivity contribution in [2.24, 2.45) is 4.99 Å². The Hall–Kier alpha value is -3.13. The van der Waals surface area contributed by atoms with Crippen molar-refractivity contribution in [3.05, 3.63) is 52.3 Å². The minimum atomic E-state index is -0.424. The molecule has 0 radical (unpaired) electrons. The van der Waals surface area contributed by atoms with Gasteiger partial charge in [0, 0.05) is 12.1 Å². The highest BCUT2D eigenvalue weighted by atomic mass is 32.1. The van der Waals surface area contributed by atoms with Crippen molar-refractivity contribution in [3.63, 3.8) is 0 Å². The number of nitrogens with zero attached hydrogens (tertiary/aromatic N) is 2. The summed E-state index contributed by atoms with van der Waals surface area (Å²) in [5.74, 6) is 0.552. The summed E-state index contributed by atoms with van der Waals surface area (Å²) in [5, 5.41) is 0. The first-order chi connectivity index (χ1) is 14.0. The maximum Gasteiger partial charge on any atom is 0.325 e. The Balaban J connectivity index is 1.76. The molecule has 1 aliphatic heterocycles. The fourth-order valence-corrected chi connectivity index (χ4v) is 4.24. The zero-order valence-corrected chi connectivity index (χ0v) is 17.0. The van der Waals surface area contributed by atoms with Gasteiger partial charge in [0.1, 0.15) is 19.8 Å². The van der Waals surface area contributed by atoms with Crippen LogP contribution in [0.4, 0.5) is 0 Å². The molecule has 3 aromatic rings. The molecule has 0 fully saturated rings. The van der Waals surface area contributed by atoms with Crippen LogP contribution in [0.1, 0.15) is 11.1 Å². The number of esters is 1. The van der Waals surface area contributed by atoms with Gasteiger partial charge in [0.25, 0.3) is 5.91 Å². The molecule has 0 bridgehead atoms. The minimum absolute atomic E-state index is 0.0489. The molecule has 29 heavy (non-hydrogen) atoms. The molecular weight excluding hydrogens is 392 g/mol. The van der Waals surface area contributed by atoms with Crippen molar-refractivity contribution in [1.29, 1.82) is 0 Å². The molecule has 0 aliphatic carbocycles. The van der Waals surface area contributed by atoms with Gasteiger partial charge in [-0.2, -0.15) is 4.99 Å². The molecule has 0 atom stereocenters. The van der Waals surface area contributed by atoms with E-state index < -0.39 is 5.97 Å². The predicted octanol–water partition coefficient (Wildman–Crippen LogP) is 2.63. The van der Waals surface area contributed by atoms with Crippen LogP contribution in [0.5, 0.6) is 11.5 Å². The van der Waals surface area contributed by atoms with E-state index >= 15 is 0 Å². The number of methoxy groups -OCH3 is 1. The Morgan fingerprint density at radius 2 is 1.93 bits per heavy atom. The van der Waals surface area contributed by atoms with E-state index in [9.17, 15) is 9.59 Å². The standard InChI is InChI=1S/C21H20N2O5S/c1-13-4-3-5-14(8-13)9-19(24)22-21-23(12-20(25)26-2)15-10-16-17(11-18(15)29-21)28-7-6-27-16/h3-5,8,10-11H,6-7,9,12H2,1-2H3. The number of ether oxygens (including phenoxy) is 3. The van der Waals surface area contributed by atoms with E-state index in [4.69, 9.17) is 14.2 Å². The number of hydrogen-bond acceptors (Lipinski definition) is 6. The van der Waals surface area contributed by atoms with Gasteiger partial charge in [0.2, 0.25) is 0 Å². The van der Waals surface area contributed by atoms with Crippen molar-refractivity contribution >= 4 is 33.4 Å². The van der Waals surface area contributed by atoms with Crippen LogP contribution in [0.25, 0.3) is 10.2 Å². The summed E-state index contributed by atoms with van der Waals surface area (Å²) in [6, 6.07) is 11.4. The van der Waals surface area contributed by atoms with Gasteiger partial charge < -0.3 is 18.8 Å². The Kier molecular flexibility index (Phi) is 5.35. The van der Waals surface area contributed by atoms with Gasteiger partial charge in [0.05, 0.1) is 23.7 Å². The Morgan fingerprint density at radius 1 is 1.17 bits per heavy atom. The Morgan fingerprint density at radius 3 is 2.66 bits per heavy atom. The lowest BCUT2D eigenvalue weighted by atomic mass is 10.1. The second-order valence-corrected chi connectivity index (χ2v) is 7.69. The highest BCUT2D eigenvalue weighted by Gasteiger charge is 2.18. The highest BCUT2D eigenvalue weighted by Crippen LogP contribution is 2.35. The van der Waals surface area contributed by atoms with Crippen LogP contribution in [0.3, 0.4) is 0 Å². The number of carbonyl (C=O) groups is 2. The Labute approximate surface area is 171 Å². The van der Waals surface area contributed by atoms with Gasteiger partial charge in [0.15, 0.2) is 16.3 Å². The molecule has 2 heterocycles. The fourth-order valence-electron chi connectivity index (χ4n) is 3.18. The topological polar surface area (TPSA) is 79.1 Å². The van der Waals surface area contributed by atoms with Crippen molar-refractivity contribution in [3.8, 4) is 11.5 Å². The van der Waals surface area contributed by atoms with E-state index in [2.05, 4.69) is 4.99 Å². The van der Waals surface area contributed by atoms with Crippen LogP contribution in [-0.4, -0.2) is 36.8 Å². The molecule has 4 rings (SSSR count). The van der Waals surface area contributed by atoms with Crippen molar-refractivity contribution in [1.82, 2.24) is 4.57 Å². The lowest BCUT2D eigenvalue weighted by molar-refractivity contribution is -0.141. The van der Waals surface area contributed by atoms with Crippen LogP contribution in [0.15, 0.2) is 41.4 Å². The lowest BCUT2D eigenvalue weighted by Crippen LogP contribution is -2.23. The number of fused-ring (bicyclic) bond motifs is 2. The summed E-state index contributed by atoms with van der Waals surface area (Å²) in [4.78, 5) is 29.3. The van der Waals surface area contributed by atoms with Crippen LogP contribution in [0, 0.1) is 6.92 Å². The van der Waals surface area contributed by atoms with Crippen molar-refractivity contribution in [2.75, 3.05) is 20.3 Å². The number of aryl methyl sites for hydroxylation is 1. The zero-order chi connectivity index (χ0) is 20.4. The first-order valence-electron chi connectivity index (χ1n) is 9.16. The van der Waals surface area contributed by atoms with Crippen LogP contribution in [0.2, 0.25) is 0 Å².